The molecule has 0 spiro atoms. The second-order valence-electron chi connectivity index (χ2n) is 3.72. The molecule has 1 atom stereocenters. The van der Waals surface area contributed by atoms with Gasteiger partial charge in [0.2, 0.25) is 5.95 Å². The lowest BCUT2D eigenvalue weighted by molar-refractivity contribution is 0.630. The molecule has 0 aromatic carbocycles. The highest BCUT2D eigenvalue weighted by atomic mass is 32.2. The van der Waals surface area contributed by atoms with Gasteiger partial charge in [0.05, 0.1) is 0 Å². The van der Waals surface area contributed by atoms with Crippen LogP contribution in [-0.4, -0.2) is 32.8 Å². The zero-order valence-electron chi connectivity index (χ0n) is 9.36. The molecule has 1 aromatic rings. The third-order valence-electron chi connectivity index (χ3n) is 2.73. The Balaban J connectivity index is 2.22. The lowest BCUT2D eigenvalue weighted by Crippen LogP contribution is -2.11. The molecule has 4 nitrogen and oxygen atoms in total. The van der Waals surface area contributed by atoms with Gasteiger partial charge in [-0.25, -0.2) is 0 Å². The molecule has 1 saturated heterocycles. The van der Waals surface area contributed by atoms with Gasteiger partial charge < -0.3 is 5.32 Å². The van der Waals surface area contributed by atoms with Crippen LogP contribution in [0.1, 0.15) is 32.0 Å². The number of rotatable bonds is 4. The Bertz CT molecular complexity index is 317. The molecule has 0 aliphatic carbocycles. The average molecular weight is 226 g/mol. The van der Waals surface area contributed by atoms with Crippen LogP contribution in [0.2, 0.25) is 0 Å². The van der Waals surface area contributed by atoms with Crippen LogP contribution in [0.4, 0.5) is 5.95 Å². The van der Waals surface area contributed by atoms with Crippen LogP contribution in [0, 0.1) is 0 Å². The van der Waals surface area contributed by atoms with Gasteiger partial charge in [0.1, 0.15) is 5.82 Å². The molecular weight excluding hydrogens is 208 g/mol. The third-order valence-corrected chi connectivity index (χ3v) is 3.89. The molecule has 1 aliphatic rings. The van der Waals surface area contributed by atoms with Gasteiger partial charge in [-0.2, -0.15) is 11.8 Å². The minimum atomic E-state index is 0.606. The lowest BCUT2D eigenvalue weighted by Gasteiger charge is -2.11. The minimum Gasteiger partial charge on any atom is -0.355 e. The maximum absolute atomic E-state index is 4.32. The van der Waals surface area contributed by atoms with Gasteiger partial charge in [0.15, 0.2) is 0 Å². The van der Waals surface area contributed by atoms with Crippen LogP contribution < -0.4 is 5.32 Å². The molecule has 0 bridgehead atoms. The van der Waals surface area contributed by atoms with Crippen molar-refractivity contribution in [1.82, 2.24) is 14.8 Å². The smallest absolute Gasteiger partial charge is 0.224 e. The van der Waals surface area contributed by atoms with Crippen molar-refractivity contribution >= 4 is 17.7 Å². The van der Waals surface area contributed by atoms with Crippen molar-refractivity contribution in [3.8, 4) is 0 Å². The molecule has 1 aliphatic heterocycles. The fourth-order valence-corrected chi connectivity index (χ4v) is 3.17. The Morgan fingerprint density at radius 3 is 2.93 bits per heavy atom. The van der Waals surface area contributed by atoms with E-state index in [2.05, 4.69) is 33.9 Å². The quantitative estimate of drug-likeness (QED) is 0.852. The summed E-state index contributed by atoms with van der Waals surface area (Å²) in [7, 11) is 0. The Hall–Kier alpha value is -0.710. The number of thioether (sulfide) groups is 1. The van der Waals surface area contributed by atoms with Gasteiger partial charge in [-0.05, 0) is 26.0 Å². The zero-order valence-corrected chi connectivity index (χ0v) is 10.2. The number of nitrogens with one attached hydrogen (secondary N) is 1. The predicted octanol–water partition coefficient (Wildman–Crippen LogP) is 1.95. The van der Waals surface area contributed by atoms with E-state index in [4.69, 9.17) is 0 Å². The highest BCUT2D eigenvalue weighted by Gasteiger charge is 2.23. The number of hydrogen-bond donors (Lipinski definition) is 1. The zero-order chi connectivity index (χ0) is 10.7. The van der Waals surface area contributed by atoms with Crippen LogP contribution in [0.5, 0.6) is 0 Å². The monoisotopic (exact) mass is 226 g/mol. The van der Waals surface area contributed by atoms with Gasteiger partial charge in [0, 0.05) is 24.8 Å². The summed E-state index contributed by atoms with van der Waals surface area (Å²) in [6.45, 7) is 6.08. The summed E-state index contributed by atoms with van der Waals surface area (Å²) >= 11 is 2.02. The van der Waals surface area contributed by atoms with Crippen molar-refractivity contribution in [3.63, 3.8) is 0 Å². The minimum absolute atomic E-state index is 0.606. The molecule has 1 aromatic heterocycles. The van der Waals surface area contributed by atoms with E-state index in [1.165, 1.54) is 23.8 Å². The Morgan fingerprint density at radius 2 is 2.33 bits per heavy atom. The normalized spacial score (nSPS) is 20.8. The maximum atomic E-state index is 4.32. The van der Waals surface area contributed by atoms with E-state index >= 15 is 0 Å². The van der Waals surface area contributed by atoms with E-state index in [-0.39, 0.29) is 0 Å². The molecular formula is C10H18N4S. The van der Waals surface area contributed by atoms with Crippen molar-refractivity contribution in [3.05, 3.63) is 5.82 Å². The first-order valence-electron chi connectivity index (χ1n) is 5.61. The first-order chi connectivity index (χ1) is 7.36. The summed E-state index contributed by atoms with van der Waals surface area (Å²) < 4.78 is 2.21. The van der Waals surface area contributed by atoms with E-state index < -0.39 is 0 Å². The Labute approximate surface area is 94.8 Å². The van der Waals surface area contributed by atoms with Crippen LogP contribution >= 0.6 is 11.8 Å². The summed E-state index contributed by atoms with van der Waals surface area (Å²) in [5.74, 6) is 5.15. The number of nitrogens with zero attached hydrogens (tertiary/aromatic N) is 3. The number of hydrogen-bond acceptors (Lipinski definition) is 4. The molecule has 1 N–H and O–H groups in total. The van der Waals surface area contributed by atoms with Crippen molar-refractivity contribution in [2.45, 2.75) is 32.7 Å². The molecule has 2 heterocycles. The largest absolute Gasteiger partial charge is 0.355 e. The topological polar surface area (TPSA) is 42.7 Å². The molecule has 84 valence electrons. The van der Waals surface area contributed by atoms with Crippen LogP contribution in [0.15, 0.2) is 0 Å². The number of anilines is 1. The molecule has 0 radical (unpaired) electrons. The van der Waals surface area contributed by atoms with Gasteiger partial charge in [-0.1, -0.05) is 0 Å². The summed E-state index contributed by atoms with van der Waals surface area (Å²) in [5.41, 5.74) is 0. The molecule has 1 unspecified atom stereocenters. The highest BCUT2D eigenvalue weighted by molar-refractivity contribution is 7.99. The maximum Gasteiger partial charge on any atom is 0.224 e. The van der Waals surface area contributed by atoms with Crippen molar-refractivity contribution < 1.29 is 0 Å². The summed E-state index contributed by atoms with van der Waals surface area (Å²) in [4.78, 5) is 0. The molecule has 5 heteroatoms. The third kappa shape index (κ3) is 2.12. The van der Waals surface area contributed by atoms with Crippen LogP contribution in [-0.2, 0) is 6.54 Å². The van der Waals surface area contributed by atoms with E-state index in [0.717, 1.165) is 19.0 Å². The molecule has 0 saturated carbocycles. The van der Waals surface area contributed by atoms with E-state index in [1.54, 1.807) is 0 Å². The summed E-state index contributed by atoms with van der Waals surface area (Å²) in [6.07, 6.45) is 1.24. The van der Waals surface area contributed by atoms with Crippen LogP contribution in [0.3, 0.4) is 0 Å². The van der Waals surface area contributed by atoms with Gasteiger partial charge in [-0.15, -0.1) is 10.2 Å². The second-order valence-corrected chi connectivity index (χ2v) is 4.87. The fourth-order valence-electron chi connectivity index (χ4n) is 1.96. The van der Waals surface area contributed by atoms with E-state index in [1.807, 2.05) is 11.8 Å². The van der Waals surface area contributed by atoms with E-state index in [0.29, 0.717) is 5.92 Å². The first-order valence-corrected chi connectivity index (χ1v) is 6.77. The number of aromatic nitrogens is 3. The molecule has 15 heavy (non-hydrogen) atoms. The van der Waals surface area contributed by atoms with Gasteiger partial charge in [0.25, 0.3) is 0 Å². The van der Waals surface area contributed by atoms with Crippen molar-refractivity contribution in [2.75, 3.05) is 23.4 Å². The highest BCUT2D eigenvalue weighted by Crippen LogP contribution is 2.32. The molecule has 1 fully saturated rings. The van der Waals surface area contributed by atoms with E-state index in [9.17, 15) is 0 Å². The first kappa shape index (κ1) is 10.8. The standard InChI is InChI=1S/C10H18N4S/c1-3-11-10-13-12-9(14(10)4-2)8-5-6-15-7-8/h8H,3-7H2,1-2H3,(H,11,13). The Morgan fingerprint density at radius 1 is 1.47 bits per heavy atom. The van der Waals surface area contributed by atoms with Gasteiger partial charge >= 0.3 is 0 Å². The van der Waals surface area contributed by atoms with Gasteiger partial charge in [-0.3, -0.25) is 4.57 Å². The summed E-state index contributed by atoms with van der Waals surface area (Å²) in [5, 5.41) is 11.8. The fraction of sp³-hybridized carbons (Fsp3) is 0.800. The molecule has 0 amide bonds. The van der Waals surface area contributed by atoms with Crippen LogP contribution in [0.25, 0.3) is 0 Å². The second kappa shape index (κ2) is 4.88. The average Bonchev–Trinajstić information content (AvgIpc) is 2.85. The molecule has 2 rings (SSSR count). The summed E-state index contributed by atoms with van der Waals surface area (Å²) in [6, 6.07) is 0. The van der Waals surface area contributed by atoms with Crippen molar-refractivity contribution in [2.24, 2.45) is 0 Å². The van der Waals surface area contributed by atoms with Crippen molar-refractivity contribution in [1.29, 1.82) is 0 Å². The SMILES string of the molecule is CCNc1nnc(C2CCSC2)n1CC. The predicted molar refractivity (Wildman–Crippen MR) is 64.5 cm³/mol. The lowest BCUT2D eigenvalue weighted by atomic mass is 10.1. The Kier molecular flexibility index (Phi) is 3.51.